The minimum Gasteiger partial charge on any atom is -0.313 e. The molecule has 0 aromatic carbocycles. The van der Waals surface area contributed by atoms with Crippen LogP contribution in [0.15, 0.2) is 0 Å². The molecular weight excluding hydrogens is 250 g/mol. The molecule has 1 aliphatic carbocycles. The first-order valence-electron chi connectivity index (χ1n) is 6.83. The highest BCUT2D eigenvalue weighted by Crippen LogP contribution is 2.19. The molecule has 2 fully saturated rings. The average Bonchev–Trinajstić information content (AvgIpc) is 3.02. The van der Waals surface area contributed by atoms with Crippen molar-refractivity contribution >= 4 is 10.0 Å². The number of nitrogens with zero attached hydrogens (tertiary/aromatic N) is 2. The molecule has 6 heteroatoms. The zero-order valence-corrected chi connectivity index (χ0v) is 12.2. The van der Waals surface area contributed by atoms with E-state index in [0.717, 1.165) is 19.5 Å². The van der Waals surface area contributed by atoms with Crippen molar-refractivity contribution in [2.24, 2.45) is 5.92 Å². The zero-order valence-electron chi connectivity index (χ0n) is 11.4. The largest absolute Gasteiger partial charge is 0.313 e. The quantitative estimate of drug-likeness (QED) is 0.708. The Morgan fingerprint density at radius 1 is 1.33 bits per heavy atom. The second kappa shape index (κ2) is 5.86. The van der Waals surface area contributed by atoms with E-state index in [1.165, 1.54) is 12.8 Å². The van der Waals surface area contributed by atoms with E-state index in [9.17, 15) is 8.42 Å². The van der Waals surface area contributed by atoms with Crippen LogP contribution in [0.5, 0.6) is 0 Å². The first-order chi connectivity index (χ1) is 8.47. The molecule has 106 valence electrons. The number of hydrogen-bond acceptors (Lipinski definition) is 4. The predicted octanol–water partition coefficient (Wildman–Crippen LogP) is -0.0483. The Kier molecular flexibility index (Phi) is 4.64. The Labute approximate surface area is 111 Å². The predicted molar refractivity (Wildman–Crippen MR) is 73.0 cm³/mol. The molecule has 0 aromatic heterocycles. The summed E-state index contributed by atoms with van der Waals surface area (Å²) < 4.78 is 25.7. The van der Waals surface area contributed by atoms with Gasteiger partial charge in [-0.3, -0.25) is 0 Å². The summed E-state index contributed by atoms with van der Waals surface area (Å²) in [4.78, 5) is 2.26. The fourth-order valence-electron chi connectivity index (χ4n) is 2.49. The molecule has 1 N–H and O–H groups in total. The Hall–Kier alpha value is -0.170. The number of sulfonamides is 1. The summed E-state index contributed by atoms with van der Waals surface area (Å²) in [7, 11) is 0.724. The molecule has 1 aliphatic heterocycles. The molecule has 0 aromatic rings. The summed E-state index contributed by atoms with van der Waals surface area (Å²) in [6.45, 7) is 3.35. The molecule has 0 bridgehead atoms. The standard InChI is InChI=1S/C12H25N3O2S/c1-14-7-5-11(9-14)10-15(2)18(16,17)8-6-13-12-3-4-12/h11-13H,3-10H2,1-2H3. The van der Waals surface area contributed by atoms with Gasteiger partial charge in [0, 0.05) is 32.7 Å². The Bertz CT molecular complexity index is 368. The van der Waals surface area contributed by atoms with Gasteiger partial charge in [0.25, 0.3) is 0 Å². The Morgan fingerprint density at radius 3 is 2.61 bits per heavy atom. The van der Waals surface area contributed by atoms with Crippen molar-refractivity contribution in [2.45, 2.75) is 25.3 Å². The van der Waals surface area contributed by atoms with Gasteiger partial charge >= 0.3 is 0 Å². The van der Waals surface area contributed by atoms with Crippen LogP contribution >= 0.6 is 0 Å². The van der Waals surface area contributed by atoms with Gasteiger partial charge in [-0.25, -0.2) is 12.7 Å². The molecule has 2 aliphatic rings. The molecule has 18 heavy (non-hydrogen) atoms. The van der Waals surface area contributed by atoms with Crippen LogP contribution in [0, 0.1) is 5.92 Å². The molecule has 0 spiro atoms. The SMILES string of the molecule is CN1CCC(CN(C)S(=O)(=O)CCNC2CC2)C1. The van der Waals surface area contributed by atoms with Gasteiger partial charge < -0.3 is 10.2 Å². The monoisotopic (exact) mass is 275 g/mol. The second-order valence-electron chi connectivity index (χ2n) is 5.74. The number of hydrogen-bond donors (Lipinski definition) is 1. The molecule has 1 saturated carbocycles. The molecule has 1 saturated heterocycles. The van der Waals surface area contributed by atoms with Crippen LogP contribution in [-0.4, -0.2) is 69.7 Å². The summed E-state index contributed by atoms with van der Waals surface area (Å²) in [5.74, 6) is 0.717. The van der Waals surface area contributed by atoms with E-state index in [2.05, 4.69) is 17.3 Å². The van der Waals surface area contributed by atoms with Crippen LogP contribution in [0.2, 0.25) is 0 Å². The maximum atomic E-state index is 12.1. The number of likely N-dealkylation sites (tertiary alicyclic amines) is 1. The van der Waals surface area contributed by atoms with E-state index in [1.807, 2.05) is 0 Å². The number of rotatable bonds is 7. The van der Waals surface area contributed by atoms with Crippen LogP contribution in [0.4, 0.5) is 0 Å². The van der Waals surface area contributed by atoms with Crippen LogP contribution in [0.3, 0.4) is 0 Å². The van der Waals surface area contributed by atoms with Crippen LogP contribution in [0.1, 0.15) is 19.3 Å². The third-order valence-corrected chi connectivity index (χ3v) is 5.67. The van der Waals surface area contributed by atoms with Gasteiger partial charge in [-0.1, -0.05) is 0 Å². The summed E-state index contributed by atoms with van der Waals surface area (Å²) in [6, 6.07) is 0.578. The maximum absolute atomic E-state index is 12.1. The minimum atomic E-state index is -3.08. The average molecular weight is 275 g/mol. The van der Waals surface area contributed by atoms with Gasteiger partial charge in [-0.05, 0) is 38.8 Å². The van der Waals surface area contributed by atoms with E-state index in [0.29, 0.717) is 25.0 Å². The van der Waals surface area contributed by atoms with E-state index in [-0.39, 0.29) is 5.75 Å². The van der Waals surface area contributed by atoms with Crippen molar-refractivity contribution in [2.75, 3.05) is 46.0 Å². The fourth-order valence-corrected chi connectivity index (χ4v) is 3.61. The first kappa shape index (κ1) is 14.2. The summed E-state index contributed by atoms with van der Waals surface area (Å²) >= 11 is 0. The van der Waals surface area contributed by atoms with Crippen LogP contribution in [0.25, 0.3) is 0 Å². The topological polar surface area (TPSA) is 52.7 Å². The van der Waals surface area contributed by atoms with Gasteiger partial charge in [0.1, 0.15) is 0 Å². The van der Waals surface area contributed by atoms with E-state index in [4.69, 9.17) is 0 Å². The van der Waals surface area contributed by atoms with Gasteiger partial charge in [-0.15, -0.1) is 0 Å². The third kappa shape index (κ3) is 4.19. The zero-order chi connectivity index (χ0) is 13.2. The highest BCUT2D eigenvalue weighted by molar-refractivity contribution is 7.89. The number of nitrogens with one attached hydrogen (secondary N) is 1. The molecule has 1 unspecified atom stereocenters. The van der Waals surface area contributed by atoms with Crippen molar-refractivity contribution in [3.8, 4) is 0 Å². The van der Waals surface area contributed by atoms with E-state index >= 15 is 0 Å². The second-order valence-corrected chi connectivity index (χ2v) is 7.94. The molecule has 2 rings (SSSR count). The van der Waals surface area contributed by atoms with E-state index < -0.39 is 10.0 Å². The smallest absolute Gasteiger partial charge is 0.215 e. The van der Waals surface area contributed by atoms with Gasteiger partial charge in [-0.2, -0.15) is 0 Å². The van der Waals surface area contributed by atoms with Gasteiger partial charge in [0.15, 0.2) is 0 Å². The fraction of sp³-hybridized carbons (Fsp3) is 1.00. The lowest BCUT2D eigenvalue weighted by molar-refractivity contribution is 0.356. The summed E-state index contributed by atoms with van der Waals surface area (Å²) in [5.41, 5.74) is 0. The molecule has 0 radical (unpaired) electrons. The lowest BCUT2D eigenvalue weighted by Gasteiger charge is -2.21. The molecule has 1 atom stereocenters. The van der Waals surface area contributed by atoms with Crippen molar-refractivity contribution in [1.29, 1.82) is 0 Å². The Morgan fingerprint density at radius 2 is 2.06 bits per heavy atom. The summed E-state index contributed by atoms with van der Waals surface area (Å²) in [5, 5.41) is 3.25. The summed E-state index contributed by atoms with van der Waals surface area (Å²) in [6.07, 6.45) is 3.51. The van der Waals surface area contributed by atoms with Gasteiger partial charge in [0.05, 0.1) is 5.75 Å². The van der Waals surface area contributed by atoms with E-state index in [1.54, 1.807) is 11.4 Å². The van der Waals surface area contributed by atoms with Crippen molar-refractivity contribution in [1.82, 2.24) is 14.5 Å². The molecular formula is C12H25N3O2S. The van der Waals surface area contributed by atoms with Crippen LogP contribution < -0.4 is 5.32 Å². The maximum Gasteiger partial charge on any atom is 0.215 e. The molecule has 5 nitrogen and oxygen atoms in total. The highest BCUT2D eigenvalue weighted by Gasteiger charge is 2.26. The van der Waals surface area contributed by atoms with Gasteiger partial charge in [0.2, 0.25) is 10.0 Å². The lowest BCUT2D eigenvalue weighted by atomic mass is 10.1. The third-order valence-electron chi connectivity index (χ3n) is 3.85. The lowest BCUT2D eigenvalue weighted by Crippen LogP contribution is -2.37. The normalized spacial score (nSPS) is 26.1. The van der Waals surface area contributed by atoms with Crippen LogP contribution in [-0.2, 0) is 10.0 Å². The minimum absolute atomic E-state index is 0.225. The molecule has 1 heterocycles. The molecule has 0 amide bonds. The van der Waals surface area contributed by atoms with Crippen molar-refractivity contribution in [3.05, 3.63) is 0 Å². The van der Waals surface area contributed by atoms with Crippen molar-refractivity contribution < 1.29 is 8.42 Å². The first-order valence-corrected chi connectivity index (χ1v) is 8.44. The Balaban J connectivity index is 1.73. The van der Waals surface area contributed by atoms with Crippen molar-refractivity contribution in [3.63, 3.8) is 0 Å². The highest BCUT2D eigenvalue weighted by atomic mass is 32.2.